The number of halogens is 2. The molecule has 0 radical (unpaired) electrons. The van der Waals surface area contributed by atoms with Crippen LogP contribution in [-0.2, 0) is 10.0 Å². The molecule has 0 saturated heterocycles. The Bertz CT molecular complexity index is 1270. The molecule has 7 heteroatoms. The van der Waals surface area contributed by atoms with E-state index in [-0.39, 0.29) is 34.3 Å². The Balaban J connectivity index is 1.50. The van der Waals surface area contributed by atoms with Crippen molar-refractivity contribution in [1.82, 2.24) is 0 Å². The molecule has 0 bridgehead atoms. The fourth-order valence-corrected chi connectivity index (χ4v) is 5.59. The molecule has 5 rings (SSSR count). The molecular formula is C24H20F2N2O2S. The van der Waals surface area contributed by atoms with Gasteiger partial charge in [0.2, 0.25) is 0 Å². The van der Waals surface area contributed by atoms with E-state index in [4.69, 9.17) is 0 Å². The lowest BCUT2D eigenvalue weighted by Gasteiger charge is -2.37. The Morgan fingerprint density at radius 1 is 0.968 bits per heavy atom. The number of anilines is 2. The Kier molecular flexibility index (Phi) is 4.78. The van der Waals surface area contributed by atoms with E-state index in [1.165, 1.54) is 36.4 Å². The van der Waals surface area contributed by atoms with E-state index >= 15 is 0 Å². The van der Waals surface area contributed by atoms with Crippen molar-refractivity contribution in [1.29, 1.82) is 0 Å². The largest absolute Gasteiger partial charge is 0.378 e. The topological polar surface area (TPSA) is 58.2 Å². The minimum Gasteiger partial charge on any atom is -0.378 e. The molecule has 1 heterocycles. The number of benzene rings is 3. The lowest BCUT2D eigenvalue weighted by Crippen LogP contribution is -2.29. The Morgan fingerprint density at radius 2 is 1.74 bits per heavy atom. The maximum absolute atomic E-state index is 13.9. The highest BCUT2D eigenvalue weighted by atomic mass is 32.2. The number of rotatable bonds is 4. The zero-order valence-electron chi connectivity index (χ0n) is 16.4. The summed E-state index contributed by atoms with van der Waals surface area (Å²) in [5, 5.41) is 3.50. The van der Waals surface area contributed by atoms with E-state index in [0.717, 1.165) is 23.2 Å². The molecule has 0 aromatic heterocycles. The molecule has 2 aliphatic rings. The summed E-state index contributed by atoms with van der Waals surface area (Å²) in [5.74, 6) is -0.685. The van der Waals surface area contributed by atoms with Crippen LogP contribution in [0.2, 0.25) is 0 Å². The third-order valence-corrected chi connectivity index (χ3v) is 7.36. The van der Waals surface area contributed by atoms with Crippen molar-refractivity contribution in [2.24, 2.45) is 5.92 Å². The van der Waals surface area contributed by atoms with Crippen molar-refractivity contribution in [3.8, 4) is 0 Å². The summed E-state index contributed by atoms with van der Waals surface area (Å²) in [6.45, 7) is 0. The lowest BCUT2D eigenvalue weighted by atomic mass is 9.77. The number of hydrogen-bond acceptors (Lipinski definition) is 3. The maximum Gasteiger partial charge on any atom is 0.261 e. The molecule has 3 atom stereocenters. The van der Waals surface area contributed by atoms with E-state index in [1.54, 1.807) is 30.3 Å². The fourth-order valence-electron chi connectivity index (χ4n) is 4.49. The zero-order chi connectivity index (χ0) is 21.6. The molecule has 3 aromatic carbocycles. The molecule has 3 aromatic rings. The molecule has 4 nitrogen and oxygen atoms in total. The summed E-state index contributed by atoms with van der Waals surface area (Å²) in [6.07, 6.45) is 5.03. The van der Waals surface area contributed by atoms with Gasteiger partial charge in [-0.2, -0.15) is 0 Å². The molecule has 31 heavy (non-hydrogen) atoms. The third-order valence-electron chi connectivity index (χ3n) is 5.99. The minimum absolute atomic E-state index is 0.00732. The second-order valence-electron chi connectivity index (χ2n) is 7.86. The van der Waals surface area contributed by atoms with E-state index < -0.39 is 15.8 Å². The van der Waals surface area contributed by atoms with Crippen molar-refractivity contribution < 1.29 is 17.2 Å². The van der Waals surface area contributed by atoms with Crippen molar-refractivity contribution in [2.75, 3.05) is 10.0 Å². The highest BCUT2D eigenvalue weighted by Gasteiger charge is 2.38. The second kappa shape index (κ2) is 7.50. The Morgan fingerprint density at radius 3 is 2.52 bits per heavy atom. The minimum atomic E-state index is -3.95. The van der Waals surface area contributed by atoms with E-state index in [9.17, 15) is 17.2 Å². The number of sulfonamides is 1. The van der Waals surface area contributed by atoms with Crippen molar-refractivity contribution >= 4 is 21.4 Å². The molecule has 0 amide bonds. The fraction of sp³-hybridized carbons (Fsp3) is 0.167. The van der Waals surface area contributed by atoms with Crippen molar-refractivity contribution in [3.05, 3.63) is 102 Å². The summed E-state index contributed by atoms with van der Waals surface area (Å²) >= 11 is 0. The predicted molar refractivity (Wildman–Crippen MR) is 116 cm³/mol. The first-order valence-corrected chi connectivity index (χ1v) is 11.5. The van der Waals surface area contributed by atoms with Gasteiger partial charge in [-0.1, -0.05) is 36.4 Å². The average molecular weight is 438 g/mol. The quantitative estimate of drug-likeness (QED) is 0.522. The third kappa shape index (κ3) is 3.59. The number of para-hydroxylation sites is 1. The second-order valence-corrected chi connectivity index (χ2v) is 9.54. The molecule has 0 fully saturated rings. The molecule has 0 unspecified atom stereocenters. The summed E-state index contributed by atoms with van der Waals surface area (Å²) in [6, 6.07) is 17.0. The van der Waals surface area contributed by atoms with Crippen LogP contribution in [0, 0.1) is 17.6 Å². The number of allylic oxidation sites excluding steroid dienone is 2. The van der Waals surface area contributed by atoms with Gasteiger partial charge in [0.25, 0.3) is 10.0 Å². The van der Waals surface area contributed by atoms with Crippen LogP contribution in [0.1, 0.15) is 29.5 Å². The first-order valence-electron chi connectivity index (χ1n) is 10.0. The predicted octanol–water partition coefficient (Wildman–Crippen LogP) is 5.59. The SMILES string of the molecule is O=S(=O)(Nc1ccccc1F)c1ccc2c(c1)[C@@H]1C=CC[C@@H]1[C@H](c1ccc(F)cc1)N2. The lowest BCUT2D eigenvalue weighted by molar-refractivity contribution is 0.424. The summed E-state index contributed by atoms with van der Waals surface area (Å²) in [7, 11) is -3.95. The monoisotopic (exact) mass is 438 g/mol. The molecule has 0 spiro atoms. The van der Waals surface area contributed by atoms with Gasteiger partial charge >= 0.3 is 0 Å². The van der Waals surface area contributed by atoms with Gasteiger partial charge in [-0.25, -0.2) is 17.2 Å². The normalized spacial score (nSPS) is 21.8. The van der Waals surface area contributed by atoms with Crippen LogP contribution in [0.5, 0.6) is 0 Å². The van der Waals surface area contributed by atoms with Gasteiger partial charge in [-0.05, 0) is 65.9 Å². The first kappa shape index (κ1) is 19.8. The van der Waals surface area contributed by atoms with Crippen LogP contribution < -0.4 is 10.0 Å². The Hall–Kier alpha value is -3.19. The number of hydrogen-bond donors (Lipinski definition) is 2. The van der Waals surface area contributed by atoms with Crippen LogP contribution in [-0.4, -0.2) is 8.42 Å². The van der Waals surface area contributed by atoms with Gasteiger partial charge in [-0.3, -0.25) is 4.72 Å². The zero-order valence-corrected chi connectivity index (χ0v) is 17.2. The highest BCUT2D eigenvalue weighted by molar-refractivity contribution is 7.92. The summed E-state index contributed by atoms with van der Waals surface area (Å²) in [4.78, 5) is 0.0792. The van der Waals surface area contributed by atoms with Crippen LogP contribution in [0.25, 0.3) is 0 Å². The molecule has 158 valence electrons. The maximum atomic E-state index is 13.9. The number of fused-ring (bicyclic) bond motifs is 3. The van der Waals surface area contributed by atoms with Gasteiger partial charge in [0, 0.05) is 11.6 Å². The van der Waals surface area contributed by atoms with Crippen LogP contribution in [0.3, 0.4) is 0 Å². The average Bonchev–Trinajstić information content (AvgIpc) is 3.25. The highest BCUT2D eigenvalue weighted by Crippen LogP contribution is 2.50. The van der Waals surface area contributed by atoms with Crippen LogP contribution in [0.15, 0.2) is 83.8 Å². The molecule has 2 N–H and O–H groups in total. The van der Waals surface area contributed by atoms with E-state index in [1.807, 2.05) is 0 Å². The van der Waals surface area contributed by atoms with Crippen LogP contribution >= 0.6 is 0 Å². The standard InChI is InChI=1S/C24H20F2N2O2S/c25-16-10-8-15(9-11-16)24-19-5-3-4-18(19)20-14-17(12-13-22(20)27-24)31(29,30)28-23-7-2-1-6-21(23)26/h1-4,6-14,18-19,24,27-28H,5H2/t18-,19+,24+/m1/s1. The van der Waals surface area contributed by atoms with Gasteiger partial charge in [-0.15, -0.1) is 0 Å². The van der Waals surface area contributed by atoms with Gasteiger partial charge in [0.15, 0.2) is 0 Å². The Labute approximate surface area is 179 Å². The summed E-state index contributed by atoms with van der Waals surface area (Å²) in [5.41, 5.74) is 2.62. The van der Waals surface area contributed by atoms with Gasteiger partial charge in [0.05, 0.1) is 16.6 Å². The van der Waals surface area contributed by atoms with Crippen LogP contribution in [0.4, 0.5) is 20.2 Å². The number of nitrogens with one attached hydrogen (secondary N) is 2. The van der Waals surface area contributed by atoms with E-state index in [2.05, 4.69) is 22.2 Å². The molecule has 1 aliphatic carbocycles. The van der Waals surface area contributed by atoms with E-state index in [0.29, 0.717) is 0 Å². The first-order chi connectivity index (χ1) is 14.9. The smallest absolute Gasteiger partial charge is 0.261 e. The van der Waals surface area contributed by atoms with Gasteiger partial charge in [0.1, 0.15) is 11.6 Å². The molecule has 0 saturated carbocycles. The van der Waals surface area contributed by atoms with Crippen molar-refractivity contribution in [2.45, 2.75) is 23.3 Å². The summed E-state index contributed by atoms with van der Waals surface area (Å²) < 4.78 is 55.5. The molecular weight excluding hydrogens is 418 g/mol. The van der Waals surface area contributed by atoms with Gasteiger partial charge < -0.3 is 5.32 Å². The van der Waals surface area contributed by atoms with Crippen molar-refractivity contribution in [3.63, 3.8) is 0 Å². The molecule has 1 aliphatic heterocycles.